The van der Waals surface area contributed by atoms with E-state index in [2.05, 4.69) is 5.32 Å². The number of piperidine rings is 1. The monoisotopic (exact) mass is 463 g/mol. The van der Waals surface area contributed by atoms with Gasteiger partial charge in [-0.15, -0.1) is 11.3 Å². The molecule has 3 rings (SSSR count). The van der Waals surface area contributed by atoms with Crippen LogP contribution in [0.3, 0.4) is 0 Å². The molecule has 0 aliphatic carbocycles. The van der Waals surface area contributed by atoms with Crippen LogP contribution in [0.2, 0.25) is 4.34 Å². The molecule has 12 heteroatoms. The van der Waals surface area contributed by atoms with Crippen LogP contribution in [0.1, 0.15) is 12.8 Å². The summed E-state index contributed by atoms with van der Waals surface area (Å²) in [7, 11) is -7.51. The number of sulfonamides is 2. The number of carbonyl (C=O) groups excluding carboxylic acids is 1. The number of thiophene rings is 1. The van der Waals surface area contributed by atoms with Crippen molar-refractivity contribution in [1.29, 1.82) is 0 Å². The third kappa shape index (κ3) is 4.73. The fourth-order valence-electron chi connectivity index (χ4n) is 2.91. The highest BCUT2D eigenvalue weighted by molar-refractivity contribution is 7.91. The molecule has 2 aromatic rings. The minimum atomic E-state index is -3.81. The molecule has 1 fully saturated rings. The van der Waals surface area contributed by atoms with Crippen LogP contribution in [-0.2, 0) is 24.8 Å². The van der Waals surface area contributed by atoms with Crippen molar-refractivity contribution in [3.8, 4) is 0 Å². The zero-order valence-corrected chi connectivity index (χ0v) is 17.7. The Balaban J connectivity index is 1.69. The first-order valence-corrected chi connectivity index (χ1v) is 12.4. The van der Waals surface area contributed by atoms with Crippen molar-refractivity contribution in [3.05, 3.63) is 40.7 Å². The van der Waals surface area contributed by atoms with Crippen LogP contribution in [0.15, 0.2) is 45.5 Å². The third-order valence-corrected chi connectivity index (χ3v) is 8.84. The molecule has 3 N–H and O–H groups in total. The topological polar surface area (TPSA) is 127 Å². The maximum Gasteiger partial charge on any atom is 0.252 e. The van der Waals surface area contributed by atoms with E-state index in [0.717, 1.165) is 11.3 Å². The molecule has 152 valence electrons. The van der Waals surface area contributed by atoms with E-state index >= 15 is 0 Å². The molecule has 1 saturated heterocycles. The van der Waals surface area contributed by atoms with E-state index in [9.17, 15) is 21.6 Å². The lowest BCUT2D eigenvalue weighted by atomic mass is 9.99. The summed E-state index contributed by atoms with van der Waals surface area (Å²) in [4.78, 5) is 12.5. The molecule has 1 aromatic heterocycles. The highest BCUT2D eigenvalue weighted by atomic mass is 35.5. The average molecular weight is 464 g/mol. The molecule has 28 heavy (non-hydrogen) atoms. The Morgan fingerprint density at radius 2 is 1.82 bits per heavy atom. The number of hydrogen-bond acceptors (Lipinski definition) is 6. The van der Waals surface area contributed by atoms with Gasteiger partial charge in [-0.25, -0.2) is 22.0 Å². The molecule has 2 heterocycles. The van der Waals surface area contributed by atoms with Crippen molar-refractivity contribution in [2.75, 3.05) is 18.4 Å². The molecule has 1 atom stereocenters. The number of nitrogens with one attached hydrogen (secondary N) is 1. The Labute approximate surface area is 172 Å². The first-order chi connectivity index (χ1) is 13.1. The maximum absolute atomic E-state index is 12.7. The van der Waals surface area contributed by atoms with Crippen molar-refractivity contribution in [2.45, 2.75) is 21.9 Å². The summed E-state index contributed by atoms with van der Waals surface area (Å²) in [6.07, 6.45) is 1.11. The van der Waals surface area contributed by atoms with Crippen molar-refractivity contribution in [2.24, 2.45) is 11.1 Å². The van der Waals surface area contributed by atoms with Crippen LogP contribution in [0.4, 0.5) is 5.69 Å². The Morgan fingerprint density at radius 3 is 2.39 bits per heavy atom. The highest BCUT2D eigenvalue weighted by Gasteiger charge is 2.34. The van der Waals surface area contributed by atoms with E-state index in [-0.39, 0.29) is 21.6 Å². The molecule has 0 spiro atoms. The summed E-state index contributed by atoms with van der Waals surface area (Å²) in [5.41, 5.74) is 0.405. The maximum atomic E-state index is 12.7. The molecule has 0 radical (unpaired) electrons. The lowest BCUT2D eigenvalue weighted by molar-refractivity contribution is -0.120. The molecule has 1 unspecified atom stereocenters. The fourth-order valence-corrected chi connectivity index (χ4v) is 6.59. The van der Waals surface area contributed by atoms with E-state index in [1.165, 1.54) is 40.7 Å². The molecular weight excluding hydrogens is 446 g/mol. The second-order valence-electron chi connectivity index (χ2n) is 6.32. The van der Waals surface area contributed by atoms with Crippen molar-refractivity contribution in [1.82, 2.24) is 4.31 Å². The highest BCUT2D eigenvalue weighted by Crippen LogP contribution is 2.31. The first-order valence-electron chi connectivity index (χ1n) is 8.26. The minimum absolute atomic E-state index is 0.0601. The molecular formula is C16H18ClN3O5S3. The average Bonchev–Trinajstić information content (AvgIpc) is 3.09. The summed E-state index contributed by atoms with van der Waals surface area (Å²) in [6.45, 7) is 0.406. The molecule has 1 aromatic carbocycles. The Morgan fingerprint density at radius 1 is 1.14 bits per heavy atom. The second kappa shape index (κ2) is 8.09. The number of carbonyl (C=O) groups is 1. The van der Waals surface area contributed by atoms with Crippen LogP contribution in [0.5, 0.6) is 0 Å². The molecule has 8 nitrogen and oxygen atoms in total. The van der Waals surface area contributed by atoms with Gasteiger partial charge in [0.2, 0.25) is 15.9 Å². The molecule has 0 saturated carbocycles. The first kappa shape index (κ1) is 21.2. The number of nitrogens with two attached hydrogens (primary N) is 1. The second-order valence-corrected chi connectivity index (χ2v) is 11.8. The van der Waals surface area contributed by atoms with Gasteiger partial charge in [0.25, 0.3) is 10.0 Å². The summed E-state index contributed by atoms with van der Waals surface area (Å²) in [6, 6.07) is 8.44. The molecule has 1 aliphatic rings. The lowest BCUT2D eigenvalue weighted by Crippen LogP contribution is -2.43. The standard InChI is InChI=1S/C16H18ClN3O5S3/c17-14-7-8-15(26-14)28(24,25)20-9-1-2-11(10-20)16(21)19-12-3-5-13(6-4-12)27(18,22)23/h3-8,11H,1-2,9-10H2,(H,19,21)(H2,18,22,23). The third-order valence-electron chi connectivity index (χ3n) is 4.35. The van der Waals surface area contributed by atoms with Gasteiger partial charge in [0.15, 0.2) is 0 Å². The predicted octanol–water partition coefficient (Wildman–Crippen LogP) is 2.09. The number of rotatable bonds is 5. The Hall–Kier alpha value is -1.50. The number of nitrogens with zero attached hydrogens (tertiary/aromatic N) is 1. The summed E-state index contributed by atoms with van der Waals surface area (Å²) >= 11 is 6.82. The van der Waals surface area contributed by atoms with E-state index < -0.39 is 26.0 Å². The molecule has 0 bridgehead atoms. The van der Waals surface area contributed by atoms with Gasteiger partial charge in [-0.3, -0.25) is 4.79 Å². The summed E-state index contributed by atoms with van der Waals surface area (Å²) in [5.74, 6) is -0.843. The van der Waals surface area contributed by atoms with E-state index in [1.54, 1.807) is 0 Å². The van der Waals surface area contributed by atoms with Crippen LogP contribution in [0.25, 0.3) is 0 Å². The lowest BCUT2D eigenvalue weighted by Gasteiger charge is -2.30. The summed E-state index contributed by atoms with van der Waals surface area (Å²) in [5, 5.41) is 7.74. The van der Waals surface area contributed by atoms with Crippen molar-refractivity contribution >= 4 is 54.6 Å². The van der Waals surface area contributed by atoms with Gasteiger partial charge < -0.3 is 5.32 Å². The van der Waals surface area contributed by atoms with Gasteiger partial charge in [0, 0.05) is 18.8 Å². The van der Waals surface area contributed by atoms with E-state index in [1.807, 2.05) is 0 Å². The number of amides is 1. The fraction of sp³-hybridized carbons (Fsp3) is 0.312. The normalized spacial score (nSPS) is 18.7. The number of halogens is 1. The van der Waals surface area contributed by atoms with E-state index in [4.69, 9.17) is 16.7 Å². The van der Waals surface area contributed by atoms with Gasteiger partial charge in [-0.1, -0.05) is 11.6 Å². The zero-order valence-electron chi connectivity index (χ0n) is 14.5. The van der Waals surface area contributed by atoms with Crippen LogP contribution < -0.4 is 10.5 Å². The number of benzene rings is 1. The SMILES string of the molecule is NS(=O)(=O)c1ccc(NC(=O)C2CCCN(S(=O)(=O)c3ccc(Cl)s3)C2)cc1. The zero-order chi connectivity index (χ0) is 20.5. The van der Waals surface area contributed by atoms with Crippen molar-refractivity contribution in [3.63, 3.8) is 0 Å². The quantitative estimate of drug-likeness (QED) is 0.701. The predicted molar refractivity (Wildman–Crippen MR) is 107 cm³/mol. The van der Waals surface area contributed by atoms with Crippen LogP contribution >= 0.6 is 22.9 Å². The van der Waals surface area contributed by atoms with Gasteiger partial charge in [-0.2, -0.15) is 4.31 Å². The Kier molecular flexibility index (Phi) is 6.13. The molecule has 1 aliphatic heterocycles. The van der Waals surface area contributed by atoms with Gasteiger partial charge in [-0.05, 0) is 49.2 Å². The Bertz CT molecular complexity index is 1080. The largest absolute Gasteiger partial charge is 0.326 e. The number of anilines is 1. The minimum Gasteiger partial charge on any atom is -0.326 e. The number of hydrogen-bond donors (Lipinski definition) is 2. The van der Waals surface area contributed by atoms with Gasteiger partial charge in [0.1, 0.15) is 4.21 Å². The summed E-state index contributed by atoms with van der Waals surface area (Å²) < 4.78 is 49.9. The van der Waals surface area contributed by atoms with Gasteiger partial charge in [0.05, 0.1) is 15.1 Å². The molecule has 1 amide bonds. The van der Waals surface area contributed by atoms with Gasteiger partial charge >= 0.3 is 0 Å². The smallest absolute Gasteiger partial charge is 0.252 e. The number of primary sulfonamides is 1. The van der Waals surface area contributed by atoms with Crippen LogP contribution in [-0.4, -0.2) is 40.1 Å². The van der Waals surface area contributed by atoms with Crippen LogP contribution in [0, 0.1) is 5.92 Å². The van der Waals surface area contributed by atoms with E-state index in [0.29, 0.717) is 29.4 Å². The van der Waals surface area contributed by atoms with Crippen molar-refractivity contribution < 1.29 is 21.6 Å².